The minimum atomic E-state index is -1.06. The largest absolute Gasteiger partial charge is 0.370 e. The lowest BCUT2D eigenvalue weighted by molar-refractivity contribution is 0.100. The van der Waals surface area contributed by atoms with Gasteiger partial charge in [0.1, 0.15) is 17.5 Å². The normalized spacial score (nSPS) is 12.8. The third kappa shape index (κ3) is 3.18. The summed E-state index contributed by atoms with van der Waals surface area (Å²) in [6.45, 7) is 0. The van der Waals surface area contributed by atoms with E-state index in [1.54, 1.807) is 13.1 Å². The van der Waals surface area contributed by atoms with Crippen LogP contribution in [0.5, 0.6) is 0 Å². The first-order valence-corrected chi connectivity index (χ1v) is 7.41. The molecule has 134 valence electrons. The lowest BCUT2D eigenvalue weighted by atomic mass is 9.93. The van der Waals surface area contributed by atoms with E-state index in [1.807, 2.05) is 0 Å². The molecular formula is C17H14F3N5O. The van der Waals surface area contributed by atoms with E-state index in [0.29, 0.717) is 23.4 Å². The van der Waals surface area contributed by atoms with Gasteiger partial charge < -0.3 is 11.5 Å². The number of hydrogen-bond acceptors (Lipinski definition) is 3. The molecule has 0 bridgehead atoms. The van der Waals surface area contributed by atoms with Gasteiger partial charge in [0, 0.05) is 42.1 Å². The number of amides is 1. The molecule has 1 aliphatic rings. The van der Waals surface area contributed by atoms with Crippen molar-refractivity contribution in [2.45, 2.75) is 0 Å². The molecule has 0 radical (unpaired) electrons. The molecule has 0 aromatic heterocycles. The summed E-state index contributed by atoms with van der Waals surface area (Å²) in [5.74, 6) is -4.25. The number of nitrogens with two attached hydrogens (primary N) is 2. The molecule has 2 aromatic carbocycles. The summed E-state index contributed by atoms with van der Waals surface area (Å²) in [6.07, 6.45) is 1.43. The number of nitrogens with zero attached hydrogens (tertiary/aromatic N) is 2. The standard InChI is InChI=1S/C17H14F3N5O/c1-25-7-11(15-12(19)5-9(18)6-13(15)20)10-4-8(2-3-14(10)24-25)16(26)23-17(21)22/h2-7,24H,1H3,(H4,21,22,23,26). The Hall–Kier alpha value is -3.49. The molecule has 2 aromatic rings. The smallest absolute Gasteiger partial charge is 0.280 e. The number of carbonyl (C=O) groups excluding carboxylic acids is 1. The molecule has 9 heteroatoms. The zero-order valence-corrected chi connectivity index (χ0v) is 13.6. The van der Waals surface area contributed by atoms with Crippen LogP contribution in [0.3, 0.4) is 0 Å². The first kappa shape index (κ1) is 17.3. The van der Waals surface area contributed by atoms with Crippen molar-refractivity contribution in [2.24, 2.45) is 16.5 Å². The van der Waals surface area contributed by atoms with E-state index in [4.69, 9.17) is 11.5 Å². The number of rotatable bonds is 2. The van der Waals surface area contributed by atoms with Crippen LogP contribution in [0.25, 0.3) is 5.57 Å². The summed E-state index contributed by atoms with van der Waals surface area (Å²) < 4.78 is 41.8. The fraction of sp³-hybridized carbons (Fsp3) is 0.0588. The van der Waals surface area contributed by atoms with Gasteiger partial charge in [-0.3, -0.25) is 15.2 Å². The molecule has 0 saturated carbocycles. The van der Waals surface area contributed by atoms with Gasteiger partial charge in [0.05, 0.1) is 11.3 Å². The summed E-state index contributed by atoms with van der Waals surface area (Å²) in [5.41, 5.74) is 14.0. The molecule has 3 rings (SSSR count). The van der Waals surface area contributed by atoms with Crippen LogP contribution in [0, 0.1) is 17.5 Å². The molecule has 1 heterocycles. The van der Waals surface area contributed by atoms with E-state index in [2.05, 4.69) is 10.4 Å². The number of guanidine groups is 1. The Labute approximate surface area is 146 Å². The maximum atomic E-state index is 14.3. The second kappa shape index (κ2) is 6.43. The number of anilines is 1. The monoisotopic (exact) mass is 361 g/mol. The van der Waals surface area contributed by atoms with Crippen molar-refractivity contribution < 1.29 is 18.0 Å². The van der Waals surface area contributed by atoms with Crippen molar-refractivity contribution in [3.8, 4) is 0 Å². The predicted molar refractivity (Wildman–Crippen MR) is 91.4 cm³/mol. The summed E-state index contributed by atoms with van der Waals surface area (Å²) in [7, 11) is 1.63. The van der Waals surface area contributed by atoms with Crippen LogP contribution in [0.2, 0.25) is 0 Å². The van der Waals surface area contributed by atoms with E-state index < -0.39 is 34.9 Å². The van der Waals surface area contributed by atoms with Gasteiger partial charge in [0.15, 0.2) is 5.96 Å². The Bertz CT molecular complexity index is 944. The molecule has 26 heavy (non-hydrogen) atoms. The number of aliphatic imine (C=N–C) groups is 1. The molecule has 0 fully saturated rings. The number of benzene rings is 2. The van der Waals surface area contributed by atoms with Crippen LogP contribution in [-0.2, 0) is 0 Å². The zero-order chi connectivity index (χ0) is 19.0. The van der Waals surface area contributed by atoms with E-state index in [1.165, 1.54) is 23.3 Å². The maximum absolute atomic E-state index is 14.3. The molecule has 0 unspecified atom stereocenters. The molecular weight excluding hydrogens is 347 g/mol. The lowest BCUT2D eigenvalue weighted by Crippen LogP contribution is -2.25. The minimum Gasteiger partial charge on any atom is -0.370 e. The van der Waals surface area contributed by atoms with Gasteiger partial charge in [0.25, 0.3) is 5.91 Å². The Kier molecular flexibility index (Phi) is 4.29. The van der Waals surface area contributed by atoms with Crippen LogP contribution in [0.4, 0.5) is 18.9 Å². The van der Waals surface area contributed by atoms with Crippen LogP contribution >= 0.6 is 0 Å². The van der Waals surface area contributed by atoms with E-state index in [-0.39, 0.29) is 11.1 Å². The third-order valence-electron chi connectivity index (χ3n) is 3.68. The second-order valence-corrected chi connectivity index (χ2v) is 5.61. The summed E-state index contributed by atoms with van der Waals surface area (Å²) in [4.78, 5) is 15.5. The van der Waals surface area contributed by atoms with Crippen molar-refractivity contribution in [3.63, 3.8) is 0 Å². The summed E-state index contributed by atoms with van der Waals surface area (Å²) in [6, 6.07) is 5.60. The van der Waals surface area contributed by atoms with Gasteiger partial charge in [-0.05, 0) is 18.2 Å². The third-order valence-corrected chi connectivity index (χ3v) is 3.68. The van der Waals surface area contributed by atoms with E-state index in [9.17, 15) is 18.0 Å². The molecule has 0 saturated heterocycles. The Morgan fingerprint density at radius 3 is 2.38 bits per heavy atom. The summed E-state index contributed by atoms with van der Waals surface area (Å²) in [5, 5.41) is 1.48. The Morgan fingerprint density at radius 2 is 1.77 bits per heavy atom. The number of carbonyl (C=O) groups is 1. The minimum absolute atomic E-state index is 0.123. The number of hydrazine groups is 1. The fourth-order valence-corrected chi connectivity index (χ4v) is 2.66. The zero-order valence-electron chi connectivity index (χ0n) is 13.6. The van der Waals surface area contributed by atoms with Crippen molar-refractivity contribution in [2.75, 3.05) is 12.5 Å². The van der Waals surface area contributed by atoms with E-state index >= 15 is 0 Å². The number of hydrogen-bond donors (Lipinski definition) is 3. The molecule has 1 aliphatic heterocycles. The lowest BCUT2D eigenvalue weighted by Gasteiger charge is -2.28. The van der Waals surface area contributed by atoms with Gasteiger partial charge in [0.2, 0.25) is 0 Å². The number of nitrogens with one attached hydrogen (secondary N) is 1. The molecule has 0 atom stereocenters. The topological polar surface area (TPSA) is 96.7 Å². The van der Waals surface area contributed by atoms with Crippen LogP contribution in [0.1, 0.15) is 21.5 Å². The Balaban J connectivity index is 2.18. The predicted octanol–water partition coefficient (Wildman–Crippen LogP) is 2.18. The fourth-order valence-electron chi connectivity index (χ4n) is 2.66. The Morgan fingerprint density at radius 1 is 1.12 bits per heavy atom. The second-order valence-electron chi connectivity index (χ2n) is 5.61. The maximum Gasteiger partial charge on any atom is 0.280 e. The highest BCUT2D eigenvalue weighted by Gasteiger charge is 2.24. The number of halogens is 3. The van der Waals surface area contributed by atoms with Gasteiger partial charge in [-0.1, -0.05) is 0 Å². The highest BCUT2D eigenvalue weighted by Crippen LogP contribution is 2.36. The van der Waals surface area contributed by atoms with Gasteiger partial charge in [-0.15, -0.1) is 0 Å². The van der Waals surface area contributed by atoms with Gasteiger partial charge in [-0.2, -0.15) is 4.99 Å². The van der Waals surface area contributed by atoms with Crippen molar-refractivity contribution >= 4 is 23.1 Å². The molecule has 6 nitrogen and oxygen atoms in total. The average molecular weight is 361 g/mol. The van der Waals surface area contributed by atoms with Crippen molar-refractivity contribution in [1.29, 1.82) is 0 Å². The highest BCUT2D eigenvalue weighted by molar-refractivity contribution is 6.03. The molecule has 5 N–H and O–H groups in total. The SMILES string of the molecule is CN1C=C(c2c(F)cc(F)cc2F)c2cc(C(=O)N=C(N)N)ccc2N1. The number of fused-ring (bicyclic) bond motifs is 1. The van der Waals surface area contributed by atoms with Crippen LogP contribution < -0.4 is 16.9 Å². The summed E-state index contributed by atoms with van der Waals surface area (Å²) >= 11 is 0. The molecule has 0 aliphatic carbocycles. The quantitative estimate of drug-likeness (QED) is 0.563. The van der Waals surface area contributed by atoms with Crippen LogP contribution in [0.15, 0.2) is 41.5 Å². The van der Waals surface area contributed by atoms with E-state index in [0.717, 1.165) is 0 Å². The van der Waals surface area contributed by atoms with Crippen molar-refractivity contribution in [3.05, 3.63) is 70.7 Å². The van der Waals surface area contributed by atoms with Gasteiger partial charge in [-0.25, -0.2) is 13.2 Å². The first-order chi connectivity index (χ1) is 12.3. The van der Waals surface area contributed by atoms with Crippen molar-refractivity contribution in [1.82, 2.24) is 5.01 Å². The molecule has 1 amide bonds. The van der Waals surface area contributed by atoms with Crippen LogP contribution in [-0.4, -0.2) is 23.9 Å². The first-order valence-electron chi connectivity index (χ1n) is 7.41. The average Bonchev–Trinajstić information content (AvgIpc) is 2.52. The molecule has 0 spiro atoms. The van der Waals surface area contributed by atoms with Gasteiger partial charge >= 0.3 is 0 Å². The highest BCUT2D eigenvalue weighted by atomic mass is 19.1.